The van der Waals surface area contributed by atoms with E-state index >= 15 is 0 Å². The number of anilines is 1. The summed E-state index contributed by atoms with van der Waals surface area (Å²) in [4.78, 5) is 17.2. The number of hydrogen-bond acceptors (Lipinski definition) is 4. The summed E-state index contributed by atoms with van der Waals surface area (Å²) < 4.78 is 5.15. The zero-order valence-corrected chi connectivity index (χ0v) is 15.6. The first-order valence-corrected chi connectivity index (χ1v) is 8.88. The number of ether oxygens (including phenoxy) is 1. The van der Waals surface area contributed by atoms with Gasteiger partial charge in [0.1, 0.15) is 11.8 Å². The van der Waals surface area contributed by atoms with Crippen molar-refractivity contribution < 1.29 is 9.53 Å². The van der Waals surface area contributed by atoms with E-state index in [9.17, 15) is 4.79 Å². The van der Waals surface area contributed by atoms with Crippen LogP contribution in [0, 0.1) is 0 Å². The van der Waals surface area contributed by atoms with Crippen LogP contribution in [0.4, 0.5) is 5.69 Å². The Morgan fingerprint density at radius 3 is 2.56 bits per heavy atom. The molecule has 0 spiro atoms. The Bertz CT molecular complexity index is 888. The Morgan fingerprint density at radius 1 is 1.11 bits per heavy atom. The highest BCUT2D eigenvalue weighted by atomic mass is 35.5. The fraction of sp³-hybridized carbons (Fsp3) is 0.143. The molecule has 1 heterocycles. The van der Waals surface area contributed by atoms with Gasteiger partial charge in [0.2, 0.25) is 5.91 Å². The van der Waals surface area contributed by atoms with E-state index in [1.54, 1.807) is 31.5 Å². The summed E-state index contributed by atoms with van der Waals surface area (Å²) in [5.41, 5.74) is 2.33. The molecule has 138 valence electrons. The van der Waals surface area contributed by atoms with Crippen molar-refractivity contribution in [2.24, 2.45) is 0 Å². The molecule has 2 aromatic carbocycles. The number of carbonyl (C=O) groups is 1. The van der Waals surface area contributed by atoms with Crippen molar-refractivity contribution in [3.8, 4) is 5.75 Å². The van der Waals surface area contributed by atoms with Crippen molar-refractivity contribution >= 4 is 23.2 Å². The van der Waals surface area contributed by atoms with Crippen molar-refractivity contribution in [1.82, 2.24) is 10.3 Å². The summed E-state index contributed by atoms with van der Waals surface area (Å²) in [5.74, 6) is 0.376. The second-order valence-electron chi connectivity index (χ2n) is 5.88. The van der Waals surface area contributed by atoms with Crippen LogP contribution in [0.2, 0.25) is 5.02 Å². The first-order chi connectivity index (χ1) is 13.2. The number of methoxy groups -OCH3 is 1. The summed E-state index contributed by atoms with van der Waals surface area (Å²) in [6.07, 6.45) is 1.73. The van der Waals surface area contributed by atoms with Gasteiger partial charge in [-0.2, -0.15) is 0 Å². The largest absolute Gasteiger partial charge is 0.495 e. The van der Waals surface area contributed by atoms with Gasteiger partial charge in [0.25, 0.3) is 0 Å². The number of halogens is 1. The molecule has 0 saturated carbocycles. The summed E-state index contributed by atoms with van der Waals surface area (Å²) in [6, 6.07) is 19.8. The van der Waals surface area contributed by atoms with Crippen molar-refractivity contribution in [3.63, 3.8) is 0 Å². The Labute approximate surface area is 163 Å². The minimum Gasteiger partial charge on any atom is -0.495 e. The molecular formula is C21H20ClN3O2. The number of nitrogens with zero attached hydrogens (tertiary/aromatic N) is 1. The fourth-order valence-corrected chi connectivity index (χ4v) is 2.93. The molecule has 0 bridgehead atoms. The van der Waals surface area contributed by atoms with Gasteiger partial charge >= 0.3 is 0 Å². The topological polar surface area (TPSA) is 63.2 Å². The van der Waals surface area contributed by atoms with Gasteiger partial charge in [-0.15, -0.1) is 0 Å². The fourth-order valence-electron chi connectivity index (χ4n) is 2.68. The van der Waals surface area contributed by atoms with Crippen LogP contribution in [0.1, 0.15) is 17.3 Å². The van der Waals surface area contributed by atoms with Crippen LogP contribution in [0.25, 0.3) is 0 Å². The molecule has 0 aliphatic heterocycles. The highest BCUT2D eigenvalue weighted by Gasteiger charge is 2.20. The Kier molecular flexibility index (Phi) is 6.41. The average molecular weight is 382 g/mol. The van der Waals surface area contributed by atoms with Gasteiger partial charge in [-0.25, -0.2) is 0 Å². The molecule has 3 rings (SSSR count). The molecule has 3 aromatic rings. The Morgan fingerprint density at radius 2 is 1.89 bits per heavy atom. The number of rotatable bonds is 7. The van der Waals surface area contributed by atoms with E-state index in [-0.39, 0.29) is 5.91 Å². The van der Waals surface area contributed by atoms with Gasteiger partial charge in [-0.05, 0) is 35.9 Å². The molecule has 1 atom stereocenters. The molecule has 1 aromatic heterocycles. The van der Waals surface area contributed by atoms with Gasteiger partial charge in [0.05, 0.1) is 17.8 Å². The maximum Gasteiger partial charge on any atom is 0.246 e. The third-order valence-electron chi connectivity index (χ3n) is 4.03. The summed E-state index contributed by atoms with van der Waals surface area (Å²) in [7, 11) is 1.55. The van der Waals surface area contributed by atoms with E-state index < -0.39 is 6.04 Å². The van der Waals surface area contributed by atoms with E-state index in [1.807, 2.05) is 48.5 Å². The van der Waals surface area contributed by atoms with Gasteiger partial charge in [-0.3, -0.25) is 15.1 Å². The number of carbonyl (C=O) groups excluding carboxylic acids is 1. The molecular weight excluding hydrogens is 362 g/mol. The lowest BCUT2D eigenvalue weighted by molar-refractivity contribution is -0.118. The average Bonchev–Trinajstić information content (AvgIpc) is 2.70. The molecule has 0 aliphatic rings. The number of hydrogen-bond donors (Lipinski definition) is 2. The molecule has 27 heavy (non-hydrogen) atoms. The predicted octanol–water partition coefficient (Wildman–Crippen LogP) is 4.21. The van der Waals surface area contributed by atoms with Crippen molar-refractivity contribution in [2.45, 2.75) is 12.6 Å². The van der Waals surface area contributed by atoms with Crippen molar-refractivity contribution in [3.05, 3.63) is 89.2 Å². The molecule has 2 N–H and O–H groups in total. The maximum absolute atomic E-state index is 12.9. The third kappa shape index (κ3) is 5.06. The Balaban J connectivity index is 1.77. The SMILES string of the molecule is COc1ccc(NC(=O)[C@@H](NCc2ccccn2)c2ccccc2)cc1Cl. The third-order valence-corrected chi connectivity index (χ3v) is 4.32. The Hall–Kier alpha value is -2.89. The second kappa shape index (κ2) is 9.16. The normalized spacial score (nSPS) is 11.6. The molecule has 0 saturated heterocycles. The minimum absolute atomic E-state index is 0.182. The molecule has 1 amide bonds. The van der Waals surface area contributed by atoms with E-state index in [0.717, 1.165) is 11.3 Å². The van der Waals surface area contributed by atoms with E-state index in [1.165, 1.54) is 0 Å². The quantitative estimate of drug-likeness (QED) is 0.643. The van der Waals surface area contributed by atoms with Crippen LogP contribution in [0.15, 0.2) is 72.9 Å². The lowest BCUT2D eigenvalue weighted by Crippen LogP contribution is -2.33. The van der Waals surface area contributed by atoms with Gasteiger partial charge in [0.15, 0.2) is 0 Å². The molecule has 0 unspecified atom stereocenters. The van der Waals surface area contributed by atoms with Crippen LogP contribution < -0.4 is 15.4 Å². The number of amides is 1. The molecule has 0 aliphatic carbocycles. The number of benzene rings is 2. The lowest BCUT2D eigenvalue weighted by Gasteiger charge is -2.19. The van der Waals surface area contributed by atoms with Gasteiger partial charge in [-0.1, -0.05) is 48.0 Å². The van der Waals surface area contributed by atoms with Gasteiger partial charge < -0.3 is 10.1 Å². The summed E-state index contributed by atoms with van der Waals surface area (Å²) in [6.45, 7) is 0.469. The first-order valence-electron chi connectivity index (χ1n) is 8.50. The molecule has 0 radical (unpaired) electrons. The van der Waals surface area contributed by atoms with Crippen LogP contribution >= 0.6 is 11.6 Å². The molecule has 6 heteroatoms. The predicted molar refractivity (Wildman–Crippen MR) is 107 cm³/mol. The zero-order valence-electron chi connectivity index (χ0n) is 14.9. The van der Waals surface area contributed by atoms with Crippen LogP contribution in [0.5, 0.6) is 5.75 Å². The van der Waals surface area contributed by atoms with Crippen LogP contribution in [0.3, 0.4) is 0 Å². The van der Waals surface area contributed by atoms with E-state index in [4.69, 9.17) is 16.3 Å². The van der Waals surface area contributed by atoms with E-state index in [2.05, 4.69) is 15.6 Å². The highest BCUT2D eigenvalue weighted by Crippen LogP contribution is 2.27. The highest BCUT2D eigenvalue weighted by molar-refractivity contribution is 6.32. The van der Waals surface area contributed by atoms with Gasteiger partial charge in [0, 0.05) is 18.4 Å². The smallest absolute Gasteiger partial charge is 0.246 e. The second-order valence-corrected chi connectivity index (χ2v) is 6.29. The first kappa shape index (κ1) is 18.9. The minimum atomic E-state index is -0.533. The van der Waals surface area contributed by atoms with Crippen molar-refractivity contribution in [1.29, 1.82) is 0 Å². The van der Waals surface area contributed by atoms with Crippen LogP contribution in [-0.4, -0.2) is 18.0 Å². The monoisotopic (exact) mass is 381 g/mol. The number of nitrogens with one attached hydrogen (secondary N) is 2. The van der Waals surface area contributed by atoms with Crippen LogP contribution in [-0.2, 0) is 11.3 Å². The number of pyridine rings is 1. The lowest BCUT2D eigenvalue weighted by atomic mass is 10.1. The zero-order chi connectivity index (χ0) is 19.1. The van der Waals surface area contributed by atoms with Crippen molar-refractivity contribution in [2.75, 3.05) is 12.4 Å². The molecule has 0 fully saturated rings. The molecule has 5 nitrogen and oxygen atoms in total. The summed E-state index contributed by atoms with van der Waals surface area (Å²) in [5, 5.41) is 6.62. The number of aromatic nitrogens is 1. The summed E-state index contributed by atoms with van der Waals surface area (Å²) >= 11 is 6.15. The van der Waals surface area contributed by atoms with E-state index in [0.29, 0.717) is 23.0 Å². The maximum atomic E-state index is 12.9. The standard InChI is InChI=1S/C21H20ClN3O2/c1-27-19-11-10-16(13-18(19)22)25-21(26)20(15-7-3-2-4-8-15)24-14-17-9-5-6-12-23-17/h2-13,20,24H,14H2,1H3,(H,25,26)/t20-/m0/s1.